The van der Waals surface area contributed by atoms with E-state index < -0.39 is 0 Å². The van der Waals surface area contributed by atoms with Gasteiger partial charge in [-0.25, -0.2) is 0 Å². The number of benzene rings is 2. The van der Waals surface area contributed by atoms with Crippen molar-refractivity contribution in [3.05, 3.63) is 81.6 Å². The minimum atomic E-state index is -0.145. The summed E-state index contributed by atoms with van der Waals surface area (Å²) in [7, 11) is 0. The molecule has 3 aromatic rings. The van der Waals surface area contributed by atoms with Crippen molar-refractivity contribution < 1.29 is 4.79 Å². The van der Waals surface area contributed by atoms with Gasteiger partial charge in [0.25, 0.3) is 5.56 Å². The van der Waals surface area contributed by atoms with E-state index >= 15 is 0 Å². The summed E-state index contributed by atoms with van der Waals surface area (Å²) in [5.41, 5.74) is 3.63. The summed E-state index contributed by atoms with van der Waals surface area (Å²) < 4.78 is 0. The monoisotopic (exact) mass is 360 g/mol. The van der Waals surface area contributed by atoms with Crippen LogP contribution >= 0.6 is 0 Å². The van der Waals surface area contributed by atoms with Crippen molar-refractivity contribution >= 4 is 16.8 Å². The molecule has 4 nitrogen and oxygen atoms in total. The molecule has 4 heteroatoms. The Labute approximate surface area is 158 Å². The van der Waals surface area contributed by atoms with Crippen molar-refractivity contribution in [3.63, 3.8) is 0 Å². The quantitative estimate of drug-likeness (QED) is 0.697. The van der Waals surface area contributed by atoms with E-state index in [0.29, 0.717) is 17.9 Å². The molecule has 0 bridgehead atoms. The first-order valence-electron chi connectivity index (χ1n) is 9.54. The number of amides is 1. The van der Waals surface area contributed by atoms with Crippen molar-refractivity contribution in [1.29, 1.82) is 0 Å². The topological polar surface area (TPSA) is 62.0 Å². The van der Waals surface area contributed by atoms with E-state index in [9.17, 15) is 9.59 Å². The highest BCUT2D eigenvalue weighted by Gasteiger charge is 2.33. The molecule has 1 aliphatic carbocycles. The van der Waals surface area contributed by atoms with Gasteiger partial charge in [0.1, 0.15) is 0 Å². The SMILES string of the molecule is Cc1ccc2[nH]c(=O)c(CNC(=O)CC(c3ccccc3)C3CC3)cc2c1. The molecule has 1 atom stereocenters. The number of carbonyl (C=O) groups excluding carboxylic acids is 1. The lowest BCUT2D eigenvalue weighted by Gasteiger charge is -2.16. The predicted molar refractivity (Wildman–Crippen MR) is 108 cm³/mol. The standard InChI is InChI=1S/C23H24N2O2/c1-15-7-10-21-18(11-15)12-19(23(27)25-21)14-24-22(26)13-20(17-8-9-17)16-5-3-2-4-6-16/h2-7,10-12,17,20H,8-9,13-14H2,1H3,(H,24,26)(H,25,27). The zero-order chi connectivity index (χ0) is 18.8. The highest BCUT2D eigenvalue weighted by molar-refractivity contribution is 5.80. The second kappa shape index (κ2) is 7.39. The van der Waals surface area contributed by atoms with Gasteiger partial charge in [0, 0.05) is 24.0 Å². The van der Waals surface area contributed by atoms with Crippen LogP contribution in [0.1, 0.15) is 41.9 Å². The summed E-state index contributed by atoms with van der Waals surface area (Å²) in [4.78, 5) is 27.7. The van der Waals surface area contributed by atoms with Gasteiger partial charge in [-0.05, 0) is 60.7 Å². The first-order valence-corrected chi connectivity index (χ1v) is 9.54. The van der Waals surface area contributed by atoms with Crippen LogP contribution in [0, 0.1) is 12.8 Å². The van der Waals surface area contributed by atoms with Gasteiger partial charge >= 0.3 is 0 Å². The van der Waals surface area contributed by atoms with Crippen molar-refractivity contribution in [3.8, 4) is 0 Å². The average Bonchev–Trinajstić information content (AvgIpc) is 3.50. The molecule has 0 radical (unpaired) electrons. The van der Waals surface area contributed by atoms with Crippen molar-refractivity contribution in [2.75, 3.05) is 0 Å². The second-order valence-corrected chi connectivity index (χ2v) is 7.55. The Morgan fingerprint density at radius 1 is 1.15 bits per heavy atom. The molecule has 1 aromatic heterocycles. The van der Waals surface area contributed by atoms with Gasteiger partial charge in [-0.1, -0.05) is 42.0 Å². The number of fused-ring (bicyclic) bond motifs is 1. The minimum Gasteiger partial charge on any atom is -0.352 e. The predicted octanol–water partition coefficient (Wildman–Crippen LogP) is 4.04. The van der Waals surface area contributed by atoms with Gasteiger partial charge in [-0.2, -0.15) is 0 Å². The largest absolute Gasteiger partial charge is 0.352 e. The fourth-order valence-electron chi connectivity index (χ4n) is 3.72. The summed E-state index contributed by atoms with van der Waals surface area (Å²) in [5.74, 6) is 0.869. The zero-order valence-corrected chi connectivity index (χ0v) is 15.5. The molecule has 0 spiro atoms. The van der Waals surface area contributed by atoms with Crippen molar-refractivity contribution in [2.24, 2.45) is 5.92 Å². The van der Waals surface area contributed by atoms with Crippen molar-refractivity contribution in [2.45, 2.75) is 38.6 Å². The summed E-state index contributed by atoms with van der Waals surface area (Å²) in [6.45, 7) is 2.28. The first kappa shape index (κ1) is 17.5. The number of rotatable bonds is 6. The van der Waals surface area contributed by atoms with E-state index in [1.54, 1.807) is 0 Å². The third kappa shape index (κ3) is 4.11. The Morgan fingerprint density at radius 3 is 2.67 bits per heavy atom. The van der Waals surface area contributed by atoms with Crippen LogP contribution in [0.5, 0.6) is 0 Å². The number of aromatic amines is 1. The number of carbonyl (C=O) groups is 1. The number of nitrogens with one attached hydrogen (secondary N) is 2. The number of aromatic nitrogens is 1. The Morgan fingerprint density at radius 2 is 1.93 bits per heavy atom. The highest BCUT2D eigenvalue weighted by Crippen LogP contribution is 2.44. The van der Waals surface area contributed by atoms with Crippen LogP contribution in [-0.4, -0.2) is 10.9 Å². The van der Waals surface area contributed by atoms with Gasteiger partial charge in [0.15, 0.2) is 0 Å². The molecule has 2 N–H and O–H groups in total. The van der Waals surface area contributed by atoms with E-state index in [1.807, 2.05) is 49.4 Å². The van der Waals surface area contributed by atoms with Crippen LogP contribution < -0.4 is 10.9 Å². The van der Waals surface area contributed by atoms with E-state index in [1.165, 1.54) is 18.4 Å². The van der Waals surface area contributed by atoms with Crippen LogP contribution in [0.25, 0.3) is 10.9 Å². The summed E-state index contributed by atoms with van der Waals surface area (Å²) >= 11 is 0. The van der Waals surface area contributed by atoms with Gasteiger partial charge < -0.3 is 10.3 Å². The number of pyridine rings is 1. The van der Waals surface area contributed by atoms with Crippen LogP contribution in [0.2, 0.25) is 0 Å². The summed E-state index contributed by atoms with van der Waals surface area (Å²) in [6.07, 6.45) is 2.85. The molecule has 0 aliphatic heterocycles. The normalized spacial score (nSPS) is 14.9. The molecule has 1 fully saturated rings. The number of aryl methyl sites for hydroxylation is 1. The molecule has 1 heterocycles. The number of hydrogen-bond donors (Lipinski definition) is 2. The minimum absolute atomic E-state index is 0.000470. The Balaban J connectivity index is 1.45. The molecule has 1 saturated carbocycles. The Kier molecular flexibility index (Phi) is 4.80. The molecule has 27 heavy (non-hydrogen) atoms. The molecule has 138 valence electrons. The molecule has 1 aliphatic rings. The molecule has 4 rings (SSSR count). The summed E-state index contributed by atoms with van der Waals surface area (Å²) in [6, 6.07) is 18.1. The maximum Gasteiger partial charge on any atom is 0.253 e. The van der Waals surface area contributed by atoms with Crippen molar-refractivity contribution in [1.82, 2.24) is 10.3 Å². The molecule has 1 unspecified atom stereocenters. The molecule has 1 amide bonds. The van der Waals surface area contributed by atoms with Crippen LogP contribution in [0.4, 0.5) is 0 Å². The molecule has 2 aromatic carbocycles. The molecular formula is C23H24N2O2. The number of H-pyrrole nitrogens is 1. The fraction of sp³-hybridized carbons (Fsp3) is 0.304. The molecule has 0 saturated heterocycles. The maximum atomic E-state index is 12.5. The summed E-state index contributed by atoms with van der Waals surface area (Å²) in [5, 5.41) is 3.93. The Hall–Kier alpha value is -2.88. The van der Waals surface area contributed by atoms with Gasteiger partial charge in [0.05, 0.1) is 0 Å². The molecular weight excluding hydrogens is 336 g/mol. The van der Waals surface area contributed by atoms with E-state index in [2.05, 4.69) is 22.4 Å². The van der Waals surface area contributed by atoms with Crippen LogP contribution in [0.3, 0.4) is 0 Å². The van der Waals surface area contributed by atoms with Crippen LogP contribution in [0.15, 0.2) is 59.4 Å². The number of hydrogen-bond acceptors (Lipinski definition) is 2. The van der Waals surface area contributed by atoms with Gasteiger partial charge in [0.2, 0.25) is 5.91 Å². The third-order valence-electron chi connectivity index (χ3n) is 5.38. The van der Waals surface area contributed by atoms with Gasteiger partial charge in [-0.3, -0.25) is 9.59 Å². The smallest absolute Gasteiger partial charge is 0.253 e. The lowest BCUT2D eigenvalue weighted by molar-refractivity contribution is -0.121. The average molecular weight is 360 g/mol. The lowest BCUT2D eigenvalue weighted by atomic mass is 9.91. The van der Waals surface area contributed by atoms with Gasteiger partial charge in [-0.15, -0.1) is 0 Å². The fourth-order valence-corrected chi connectivity index (χ4v) is 3.72. The van der Waals surface area contributed by atoms with E-state index in [0.717, 1.165) is 16.5 Å². The lowest BCUT2D eigenvalue weighted by Crippen LogP contribution is -2.28. The second-order valence-electron chi connectivity index (χ2n) is 7.55. The van der Waals surface area contributed by atoms with E-state index in [-0.39, 0.29) is 23.9 Å². The maximum absolute atomic E-state index is 12.5. The Bertz CT molecular complexity index is 1020. The highest BCUT2D eigenvalue weighted by atomic mass is 16.1. The van der Waals surface area contributed by atoms with Crippen LogP contribution in [-0.2, 0) is 11.3 Å². The third-order valence-corrected chi connectivity index (χ3v) is 5.38. The first-order chi connectivity index (χ1) is 13.1. The van der Waals surface area contributed by atoms with E-state index in [4.69, 9.17) is 0 Å². The zero-order valence-electron chi connectivity index (χ0n) is 15.5.